The lowest BCUT2D eigenvalue weighted by Gasteiger charge is -2.16. The Morgan fingerprint density at radius 2 is 1.72 bits per heavy atom. The summed E-state index contributed by atoms with van der Waals surface area (Å²) in [4.78, 5) is 12.4. The Labute approximate surface area is 197 Å². The molecule has 0 unspecified atom stereocenters. The minimum Gasteiger partial charge on any atom is -0.484 e. The molecular weight excluding hydrogens is 492 g/mol. The molecule has 32 heavy (non-hydrogen) atoms. The summed E-state index contributed by atoms with van der Waals surface area (Å²) in [6, 6.07) is 21.4. The van der Waals surface area contributed by atoms with Crippen molar-refractivity contribution < 1.29 is 17.9 Å². The van der Waals surface area contributed by atoms with Gasteiger partial charge in [-0.2, -0.15) is 0 Å². The van der Waals surface area contributed by atoms with Crippen molar-refractivity contribution in [1.82, 2.24) is 10.0 Å². The first kappa shape index (κ1) is 24.0. The number of benzene rings is 3. The maximum Gasteiger partial charge on any atom is 0.258 e. The lowest BCUT2D eigenvalue weighted by Crippen LogP contribution is -2.31. The first-order valence-electron chi connectivity index (χ1n) is 10.1. The van der Waals surface area contributed by atoms with Gasteiger partial charge in [-0.05, 0) is 60.9 Å². The molecule has 0 spiro atoms. The largest absolute Gasteiger partial charge is 0.484 e. The highest BCUT2D eigenvalue weighted by atomic mass is 79.9. The molecular formula is C24H25BrN2O4S. The van der Waals surface area contributed by atoms with E-state index in [-0.39, 0.29) is 30.0 Å². The summed E-state index contributed by atoms with van der Waals surface area (Å²) in [7, 11) is -3.67. The van der Waals surface area contributed by atoms with E-state index >= 15 is 0 Å². The van der Waals surface area contributed by atoms with Crippen molar-refractivity contribution in [3.63, 3.8) is 0 Å². The van der Waals surface area contributed by atoms with Crippen LogP contribution >= 0.6 is 15.9 Å². The van der Waals surface area contributed by atoms with Crippen LogP contribution in [0.2, 0.25) is 0 Å². The quantitative estimate of drug-likeness (QED) is 0.438. The Balaban J connectivity index is 1.56. The van der Waals surface area contributed by atoms with Gasteiger partial charge >= 0.3 is 0 Å². The molecule has 1 atom stereocenters. The number of carbonyl (C=O) groups is 1. The van der Waals surface area contributed by atoms with E-state index in [1.165, 1.54) is 12.1 Å². The van der Waals surface area contributed by atoms with Gasteiger partial charge in [0.1, 0.15) is 5.75 Å². The molecule has 0 saturated carbocycles. The molecule has 6 nitrogen and oxygen atoms in total. The minimum absolute atomic E-state index is 0.145. The molecule has 8 heteroatoms. The number of carbonyl (C=O) groups excluding carboxylic acids is 1. The van der Waals surface area contributed by atoms with Crippen molar-refractivity contribution in [2.45, 2.75) is 31.3 Å². The maximum absolute atomic E-state index is 12.6. The van der Waals surface area contributed by atoms with Gasteiger partial charge in [0, 0.05) is 11.0 Å². The van der Waals surface area contributed by atoms with Crippen LogP contribution in [0.4, 0.5) is 0 Å². The van der Waals surface area contributed by atoms with Crippen molar-refractivity contribution >= 4 is 31.9 Å². The second kappa shape index (κ2) is 10.8. The second-order valence-electron chi connectivity index (χ2n) is 7.37. The fourth-order valence-corrected chi connectivity index (χ4v) is 4.44. The Kier molecular flexibility index (Phi) is 8.06. The van der Waals surface area contributed by atoms with Crippen LogP contribution in [0.25, 0.3) is 0 Å². The Morgan fingerprint density at radius 3 is 2.38 bits per heavy atom. The molecule has 168 valence electrons. The Morgan fingerprint density at radius 1 is 1.03 bits per heavy atom. The molecule has 0 heterocycles. The zero-order chi connectivity index (χ0) is 23.1. The van der Waals surface area contributed by atoms with Gasteiger partial charge in [-0.25, -0.2) is 13.1 Å². The lowest BCUT2D eigenvalue weighted by atomic mass is 10.1. The molecule has 0 aromatic heterocycles. The third-order valence-electron chi connectivity index (χ3n) is 4.87. The SMILES string of the molecule is Cc1cc(S(=O)(=O)NCc2ccccc2)ccc1OCC(=O)N[C@H](C)c1ccc(Br)cc1. The fourth-order valence-electron chi connectivity index (χ4n) is 3.07. The van der Waals surface area contributed by atoms with E-state index in [2.05, 4.69) is 26.0 Å². The van der Waals surface area contributed by atoms with Crippen molar-refractivity contribution in [1.29, 1.82) is 0 Å². The normalized spacial score (nSPS) is 12.2. The zero-order valence-electron chi connectivity index (χ0n) is 17.8. The van der Waals surface area contributed by atoms with Gasteiger partial charge in [0.25, 0.3) is 5.91 Å². The average Bonchev–Trinajstić information content (AvgIpc) is 2.78. The summed E-state index contributed by atoms with van der Waals surface area (Å²) in [5.41, 5.74) is 2.48. The summed E-state index contributed by atoms with van der Waals surface area (Å²) in [5, 5.41) is 2.89. The first-order chi connectivity index (χ1) is 15.2. The Bertz CT molecular complexity index is 1170. The van der Waals surface area contributed by atoms with Gasteiger partial charge in [-0.15, -0.1) is 0 Å². The van der Waals surface area contributed by atoms with Crippen LogP contribution in [-0.2, 0) is 21.4 Å². The molecule has 2 N–H and O–H groups in total. The fraction of sp³-hybridized carbons (Fsp3) is 0.208. The maximum atomic E-state index is 12.6. The van der Waals surface area contributed by atoms with Crippen molar-refractivity contribution in [2.75, 3.05) is 6.61 Å². The number of hydrogen-bond acceptors (Lipinski definition) is 4. The number of nitrogens with one attached hydrogen (secondary N) is 2. The standard InChI is InChI=1S/C24H25BrN2O4S/c1-17-14-22(32(29,30)26-15-19-6-4-3-5-7-19)12-13-23(17)31-16-24(28)27-18(2)20-8-10-21(25)11-9-20/h3-14,18,26H,15-16H2,1-2H3,(H,27,28)/t18-/m1/s1. The summed E-state index contributed by atoms with van der Waals surface area (Å²) in [6.07, 6.45) is 0. The predicted molar refractivity (Wildman–Crippen MR) is 128 cm³/mol. The number of amides is 1. The molecule has 0 saturated heterocycles. The molecule has 0 aliphatic carbocycles. The molecule has 3 rings (SSSR count). The van der Waals surface area contributed by atoms with E-state index in [0.717, 1.165) is 15.6 Å². The molecule has 1 amide bonds. The van der Waals surface area contributed by atoms with E-state index in [4.69, 9.17) is 4.74 Å². The van der Waals surface area contributed by atoms with Crippen LogP contribution in [0.3, 0.4) is 0 Å². The minimum atomic E-state index is -3.67. The predicted octanol–water partition coefficient (Wildman–Crippen LogP) is 4.49. The van der Waals surface area contributed by atoms with E-state index < -0.39 is 10.0 Å². The average molecular weight is 517 g/mol. The van der Waals surface area contributed by atoms with Crippen molar-refractivity contribution in [2.24, 2.45) is 0 Å². The summed E-state index contributed by atoms with van der Waals surface area (Å²) < 4.78 is 34.4. The van der Waals surface area contributed by atoms with E-state index in [1.807, 2.05) is 61.5 Å². The third-order valence-corrected chi connectivity index (χ3v) is 6.80. The van der Waals surface area contributed by atoms with E-state index in [0.29, 0.717) is 11.3 Å². The van der Waals surface area contributed by atoms with Gasteiger partial charge in [0.15, 0.2) is 6.61 Å². The highest BCUT2D eigenvalue weighted by Gasteiger charge is 2.16. The number of halogens is 1. The number of rotatable bonds is 9. The van der Waals surface area contributed by atoms with Crippen LogP contribution in [0, 0.1) is 6.92 Å². The molecule has 0 aliphatic rings. The van der Waals surface area contributed by atoms with Gasteiger partial charge in [-0.1, -0.05) is 58.4 Å². The molecule has 0 bridgehead atoms. The highest BCUT2D eigenvalue weighted by molar-refractivity contribution is 9.10. The van der Waals surface area contributed by atoms with Gasteiger partial charge in [0.2, 0.25) is 10.0 Å². The van der Waals surface area contributed by atoms with Crippen molar-refractivity contribution in [3.8, 4) is 5.75 Å². The molecule has 3 aromatic carbocycles. The lowest BCUT2D eigenvalue weighted by molar-refractivity contribution is -0.123. The van der Waals surface area contributed by atoms with Crippen LogP contribution in [0.15, 0.2) is 82.2 Å². The highest BCUT2D eigenvalue weighted by Crippen LogP contribution is 2.22. The van der Waals surface area contributed by atoms with E-state index in [1.54, 1.807) is 13.0 Å². The van der Waals surface area contributed by atoms with Crippen LogP contribution < -0.4 is 14.8 Å². The molecule has 0 radical (unpaired) electrons. The number of aryl methyl sites for hydroxylation is 1. The zero-order valence-corrected chi connectivity index (χ0v) is 20.2. The number of ether oxygens (including phenoxy) is 1. The molecule has 0 aliphatic heterocycles. The van der Waals surface area contributed by atoms with Crippen LogP contribution in [0.1, 0.15) is 29.7 Å². The first-order valence-corrected chi connectivity index (χ1v) is 12.3. The van der Waals surface area contributed by atoms with Gasteiger partial charge in [0.05, 0.1) is 10.9 Å². The van der Waals surface area contributed by atoms with Gasteiger partial charge < -0.3 is 10.1 Å². The summed E-state index contributed by atoms with van der Waals surface area (Å²) >= 11 is 3.39. The molecule has 0 fully saturated rings. The van der Waals surface area contributed by atoms with Crippen LogP contribution in [0.5, 0.6) is 5.75 Å². The van der Waals surface area contributed by atoms with Crippen molar-refractivity contribution in [3.05, 3.63) is 94.0 Å². The topological polar surface area (TPSA) is 84.5 Å². The number of sulfonamides is 1. The Hall–Kier alpha value is -2.68. The summed E-state index contributed by atoms with van der Waals surface area (Å²) in [5.74, 6) is 0.194. The van der Waals surface area contributed by atoms with Crippen LogP contribution in [-0.4, -0.2) is 20.9 Å². The molecule has 3 aromatic rings. The third kappa shape index (κ3) is 6.66. The van der Waals surface area contributed by atoms with E-state index in [9.17, 15) is 13.2 Å². The second-order valence-corrected chi connectivity index (χ2v) is 10.0. The smallest absolute Gasteiger partial charge is 0.258 e. The monoisotopic (exact) mass is 516 g/mol. The summed E-state index contributed by atoms with van der Waals surface area (Å²) in [6.45, 7) is 3.68. The van der Waals surface area contributed by atoms with Gasteiger partial charge in [-0.3, -0.25) is 4.79 Å². The number of hydrogen-bond donors (Lipinski definition) is 2.